The first-order chi connectivity index (χ1) is 18.2. The molecule has 1 saturated heterocycles. The van der Waals surface area contributed by atoms with Crippen LogP contribution in [0.3, 0.4) is 0 Å². The molecule has 2 aromatic carbocycles. The topological polar surface area (TPSA) is 69.8 Å². The first-order valence-electron chi connectivity index (χ1n) is 12.8. The Kier molecular flexibility index (Phi) is 11.1. The summed E-state index contributed by atoms with van der Waals surface area (Å²) in [5, 5.41) is 0. The predicted molar refractivity (Wildman–Crippen MR) is 151 cm³/mol. The largest absolute Gasteiger partial charge is 0.492 e. The summed E-state index contributed by atoms with van der Waals surface area (Å²) in [4.78, 5) is 7.84. The lowest BCUT2D eigenvalue weighted by molar-refractivity contribution is 0.0322. The van der Waals surface area contributed by atoms with Crippen LogP contribution >= 0.6 is 11.3 Å². The first-order valence-corrected chi connectivity index (χ1v) is 13.6. The standard InChI is InChI=1S/C25H24FN3O3S.2C2H6/c26-20-15-18(27)4-5-22(20)32-23-6-7-28-21-16-24(33-25(21)23)17-2-1-3-19(14-17)31-13-10-29-8-11-30-12-9-29;2*1-2/h1-7,14-16H,8-13,27H2;2*1-2H3. The van der Waals surface area contributed by atoms with Crippen LogP contribution in [-0.2, 0) is 4.74 Å². The van der Waals surface area contributed by atoms with Crippen molar-refractivity contribution in [2.75, 3.05) is 45.2 Å². The van der Waals surface area contributed by atoms with Crippen molar-refractivity contribution < 1.29 is 18.6 Å². The van der Waals surface area contributed by atoms with Gasteiger partial charge in [0.25, 0.3) is 0 Å². The van der Waals surface area contributed by atoms with Crippen LogP contribution in [0.1, 0.15) is 27.7 Å². The normalized spacial score (nSPS) is 13.2. The number of hydrogen-bond donors (Lipinski definition) is 1. The molecule has 0 saturated carbocycles. The van der Waals surface area contributed by atoms with E-state index in [1.165, 1.54) is 12.1 Å². The van der Waals surface area contributed by atoms with Gasteiger partial charge in [-0.2, -0.15) is 0 Å². The van der Waals surface area contributed by atoms with Gasteiger partial charge >= 0.3 is 0 Å². The van der Waals surface area contributed by atoms with Gasteiger partial charge in [0.2, 0.25) is 0 Å². The fourth-order valence-electron chi connectivity index (χ4n) is 3.71. The van der Waals surface area contributed by atoms with E-state index in [0.29, 0.717) is 18.0 Å². The number of morpholine rings is 1. The van der Waals surface area contributed by atoms with Crippen molar-refractivity contribution >= 4 is 27.2 Å². The van der Waals surface area contributed by atoms with Gasteiger partial charge in [-0.1, -0.05) is 39.8 Å². The van der Waals surface area contributed by atoms with Crippen molar-refractivity contribution in [1.82, 2.24) is 9.88 Å². The third kappa shape index (κ3) is 7.64. The lowest BCUT2D eigenvalue weighted by Gasteiger charge is -2.26. The Balaban J connectivity index is 0.000000907. The average molecular weight is 526 g/mol. The predicted octanol–water partition coefficient (Wildman–Crippen LogP) is 7.24. The number of thiophene rings is 1. The summed E-state index contributed by atoms with van der Waals surface area (Å²) >= 11 is 1.55. The fraction of sp³-hybridized carbons (Fsp3) is 0.345. The zero-order valence-corrected chi connectivity index (χ0v) is 22.8. The average Bonchev–Trinajstić information content (AvgIpc) is 3.39. The SMILES string of the molecule is CC.CC.Nc1ccc(Oc2ccnc3cc(-c4cccc(OCCN5CCOCC5)c4)sc23)c(F)c1. The van der Waals surface area contributed by atoms with E-state index in [9.17, 15) is 4.39 Å². The van der Waals surface area contributed by atoms with Gasteiger partial charge in [-0.3, -0.25) is 9.88 Å². The maximum Gasteiger partial charge on any atom is 0.167 e. The van der Waals surface area contributed by atoms with E-state index in [1.54, 1.807) is 29.7 Å². The molecule has 4 aromatic rings. The lowest BCUT2D eigenvalue weighted by Crippen LogP contribution is -2.38. The lowest BCUT2D eigenvalue weighted by atomic mass is 10.2. The summed E-state index contributed by atoms with van der Waals surface area (Å²) in [6.45, 7) is 13.0. The van der Waals surface area contributed by atoms with E-state index in [-0.39, 0.29) is 5.75 Å². The molecule has 2 N–H and O–H groups in total. The zero-order chi connectivity index (χ0) is 26.6. The highest BCUT2D eigenvalue weighted by Crippen LogP contribution is 2.40. The molecule has 1 aliphatic heterocycles. The third-order valence-corrected chi connectivity index (χ3v) is 6.64. The number of nitrogens with two attached hydrogens (primary N) is 1. The monoisotopic (exact) mass is 525 g/mol. The number of ether oxygens (including phenoxy) is 3. The number of aromatic nitrogens is 1. The number of pyridine rings is 1. The van der Waals surface area contributed by atoms with Gasteiger partial charge in [0.1, 0.15) is 18.1 Å². The van der Waals surface area contributed by atoms with Crippen LogP contribution < -0.4 is 15.2 Å². The Morgan fingerprint density at radius 1 is 1.00 bits per heavy atom. The molecule has 1 fully saturated rings. The Hall–Kier alpha value is -3.20. The highest BCUT2D eigenvalue weighted by atomic mass is 32.1. The molecule has 0 bridgehead atoms. The van der Waals surface area contributed by atoms with Crippen LogP contribution in [0.4, 0.5) is 10.1 Å². The van der Waals surface area contributed by atoms with Crippen molar-refractivity contribution in [2.45, 2.75) is 27.7 Å². The molecule has 0 atom stereocenters. The second kappa shape index (κ2) is 14.5. The van der Waals surface area contributed by atoms with Crippen molar-refractivity contribution in [3.63, 3.8) is 0 Å². The number of fused-ring (bicyclic) bond motifs is 1. The van der Waals surface area contributed by atoms with E-state index >= 15 is 0 Å². The molecule has 0 amide bonds. The quantitative estimate of drug-likeness (QED) is 0.257. The number of hydrogen-bond acceptors (Lipinski definition) is 7. The van der Waals surface area contributed by atoms with Crippen LogP contribution in [0.5, 0.6) is 17.2 Å². The summed E-state index contributed by atoms with van der Waals surface area (Å²) in [6.07, 6.45) is 1.66. The maximum absolute atomic E-state index is 14.2. The van der Waals surface area contributed by atoms with E-state index in [2.05, 4.69) is 9.88 Å². The zero-order valence-electron chi connectivity index (χ0n) is 22.0. The van der Waals surface area contributed by atoms with Gasteiger partial charge in [0, 0.05) is 48.5 Å². The number of benzene rings is 2. The smallest absolute Gasteiger partial charge is 0.167 e. The number of nitrogen functional groups attached to an aromatic ring is 1. The van der Waals surface area contributed by atoms with Crippen LogP contribution in [0.15, 0.2) is 60.8 Å². The summed E-state index contributed by atoms with van der Waals surface area (Å²) in [7, 11) is 0. The first kappa shape index (κ1) is 28.4. The molecule has 3 heterocycles. The van der Waals surface area contributed by atoms with Crippen molar-refractivity contribution in [3.05, 3.63) is 66.6 Å². The van der Waals surface area contributed by atoms with Gasteiger partial charge < -0.3 is 19.9 Å². The Bertz CT molecular complexity index is 1260. The molecular formula is C29H36FN3O3S. The van der Waals surface area contributed by atoms with Crippen molar-refractivity contribution in [2.24, 2.45) is 0 Å². The molecular weight excluding hydrogens is 489 g/mol. The number of anilines is 1. The molecule has 0 aliphatic carbocycles. The van der Waals surface area contributed by atoms with Crippen LogP contribution in [0.2, 0.25) is 0 Å². The van der Waals surface area contributed by atoms with Crippen molar-refractivity contribution in [1.29, 1.82) is 0 Å². The van der Waals surface area contributed by atoms with Gasteiger partial charge in [0.05, 0.1) is 23.4 Å². The van der Waals surface area contributed by atoms with Crippen LogP contribution in [0, 0.1) is 5.82 Å². The maximum atomic E-state index is 14.2. The molecule has 37 heavy (non-hydrogen) atoms. The van der Waals surface area contributed by atoms with E-state index < -0.39 is 5.82 Å². The van der Waals surface area contributed by atoms with Gasteiger partial charge in [-0.15, -0.1) is 11.3 Å². The Morgan fingerprint density at radius 2 is 1.78 bits per heavy atom. The Morgan fingerprint density at radius 3 is 2.54 bits per heavy atom. The molecule has 0 radical (unpaired) electrons. The second-order valence-corrected chi connectivity index (χ2v) is 8.81. The summed E-state index contributed by atoms with van der Waals surface area (Å²) in [5.41, 5.74) is 7.82. The van der Waals surface area contributed by atoms with Crippen LogP contribution in [-0.4, -0.2) is 49.3 Å². The summed E-state index contributed by atoms with van der Waals surface area (Å²) < 4.78 is 32.3. The summed E-state index contributed by atoms with van der Waals surface area (Å²) in [5.74, 6) is 1.01. The van der Waals surface area contributed by atoms with Gasteiger partial charge in [-0.25, -0.2) is 4.39 Å². The van der Waals surface area contributed by atoms with Crippen LogP contribution in [0.25, 0.3) is 20.7 Å². The molecule has 5 rings (SSSR count). The Labute approximate surface area is 222 Å². The molecule has 198 valence electrons. The van der Waals surface area contributed by atoms with E-state index in [1.807, 2.05) is 58.0 Å². The van der Waals surface area contributed by atoms with E-state index in [0.717, 1.165) is 59.3 Å². The number of nitrogens with zero attached hydrogens (tertiary/aromatic N) is 2. The number of halogens is 1. The molecule has 1 aliphatic rings. The minimum atomic E-state index is -0.501. The molecule has 8 heteroatoms. The second-order valence-electron chi connectivity index (χ2n) is 7.76. The van der Waals surface area contributed by atoms with Gasteiger partial charge in [-0.05, 0) is 35.9 Å². The molecule has 0 spiro atoms. The van der Waals surface area contributed by atoms with Crippen molar-refractivity contribution in [3.8, 4) is 27.7 Å². The number of rotatable bonds is 7. The minimum absolute atomic E-state index is 0.127. The fourth-order valence-corrected chi connectivity index (χ4v) is 4.77. The van der Waals surface area contributed by atoms with E-state index in [4.69, 9.17) is 19.9 Å². The van der Waals surface area contributed by atoms with Gasteiger partial charge in [0.15, 0.2) is 11.6 Å². The highest BCUT2D eigenvalue weighted by Gasteiger charge is 2.14. The minimum Gasteiger partial charge on any atom is -0.492 e. The molecule has 2 aromatic heterocycles. The third-order valence-electron chi connectivity index (χ3n) is 5.45. The molecule has 6 nitrogen and oxygen atoms in total. The summed E-state index contributed by atoms with van der Waals surface area (Å²) in [6, 6.07) is 16.2. The highest BCUT2D eigenvalue weighted by molar-refractivity contribution is 7.22. The molecule has 0 unspecified atom stereocenters.